The fourth-order valence-corrected chi connectivity index (χ4v) is 3.88. The van der Waals surface area contributed by atoms with Crippen molar-refractivity contribution >= 4 is 5.57 Å². The van der Waals surface area contributed by atoms with E-state index in [0.29, 0.717) is 0 Å². The van der Waals surface area contributed by atoms with E-state index in [1.165, 1.54) is 16.7 Å². The molecule has 0 aromatic heterocycles. The van der Waals surface area contributed by atoms with E-state index in [0.717, 1.165) is 71.3 Å². The summed E-state index contributed by atoms with van der Waals surface area (Å²) in [5.74, 6) is 0.975. The molecule has 0 saturated carbocycles. The van der Waals surface area contributed by atoms with Gasteiger partial charge >= 0.3 is 0 Å². The Hall–Kier alpha value is -2.14. The molecule has 1 saturated heterocycles. The first kappa shape index (κ1) is 19.2. The van der Waals surface area contributed by atoms with Gasteiger partial charge in [-0.3, -0.25) is 9.80 Å². The van der Waals surface area contributed by atoms with Gasteiger partial charge in [-0.2, -0.15) is 0 Å². The van der Waals surface area contributed by atoms with Gasteiger partial charge in [-0.1, -0.05) is 48.5 Å². The van der Waals surface area contributed by atoms with Crippen LogP contribution in [0.3, 0.4) is 0 Å². The predicted molar refractivity (Wildman–Crippen MR) is 114 cm³/mol. The average Bonchev–Trinajstić information content (AvgIpc) is 2.76. The number of rotatable bonds is 7. The van der Waals surface area contributed by atoms with E-state index in [2.05, 4.69) is 70.5 Å². The van der Waals surface area contributed by atoms with Gasteiger partial charge in [-0.05, 0) is 35.3 Å². The highest BCUT2D eigenvalue weighted by atomic mass is 16.5. The average molecular weight is 379 g/mol. The van der Waals surface area contributed by atoms with E-state index in [4.69, 9.17) is 9.47 Å². The molecule has 2 heterocycles. The van der Waals surface area contributed by atoms with Gasteiger partial charge in [0.1, 0.15) is 12.4 Å². The van der Waals surface area contributed by atoms with Crippen LogP contribution < -0.4 is 4.74 Å². The van der Waals surface area contributed by atoms with Crippen molar-refractivity contribution in [3.63, 3.8) is 0 Å². The van der Waals surface area contributed by atoms with Crippen molar-refractivity contribution in [1.29, 1.82) is 0 Å². The summed E-state index contributed by atoms with van der Waals surface area (Å²) in [6.07, 6.45) is 3.49. The van der Waals surface area contributed by atoms with Crippen LogP contribution in [-0.4, -0.2) is 62.3 Å². The fraction of sp³-hybridized carbons (Fsp3) is 0.417. The molecule has 0 radical (unpaired) electrons. The molecule has 4 rings (SSSR count). The van der Waals surface area contributed by atoms with Gasteiger partial charge < -0.3 is 9.47 Å². The summed E-state index contributed by atoms with van der Waals surface area (Å²) in [6, 6.07) is 19.3. The van der Waals surface area contributed by atoms with E-state index in [9.17, 15) is 0 Å². The normalized spacial score (nSPS) is 18.6. The van der Waals surface area contributed by atoms with Gasteiger partial charge in [-0.15, -0.1) is 0 Å². The Kier molecular flexibility index (Phi) is 6.77. The van der Waals surface area contributed by atoms with E-state index >= 15 is 0 Å². The summed E-state index contributed by atoms with van der Waals surface area (Å²) in [7, 11) is 0. The highest BCUT2D eigenvalue weighted by molar-refractivity contribution is 5.66. The number of nitrogens with zero attached hydrogens (tertiary/aromatic N) is 2. The standard InChI is InChI=1S/C24H30N2O2/c1-2-6-22(7-3-1)23-9-11-26(12-10-23)20-21-5-4-8-24(19-21)28-18-15-25-13-16-27-17-14-25/h1-9,19H,10-18,20H2. The SMILES string of the molecule is C1=C(c2ccccc2)CCN(Cc2cccc(OCCN3CCOCC3)c2)C1. The van der Waals surface area contributed by atoms with Crippen molar-refractivity contribution in [3.05, 3.63) is 71.8 Å². The molecule has 148 valence electrons. The predicted octanol–water partition coefficient (Wildman–Crippen LogP) is 3.69. The Bertz CT molecular complexity index is 769. The van der Waals surface area contributed by atoms with Gasteiger partial charge in [0.2, 0.25) is 0 Å². The highest BCUT2D eigenvalue weighted by Crippen LogP contribution is 2.23. The lowest BCUT2D eigenvalue weighted by Gasteiger charge is -2.27. The van der Waals surface area contributed by atoms with Crippen molar-refractivity contribution in [1.82, 2.24) is 9.80 Å². The molecule has 28 heavy (non-hydrogen) atoms. The van der Waals surface area contributed by atoms with Crippen LogP contribution in [0.5, 0.6) is 5.75 Å². The van der Waals surface area contributed by atoms with Crippen LogP contribution in [0.4, 0.5) is 0 Å². The number of hydrogen-bond donors (Lipinski definition) is 0. The van der Waals surface area contributed by atoms with Crippen LogP contribution >= 0.6 is 0 Å². The van der Waals surface area contributed by atoms with Gasteiger partial charge in [0, 0.05) is 39.3 Å². The molecule has 2 aromatic carbocycles. The zero-order valence-electron chi connectivity index (χ0n) is 16.6. The van der Waals surface area contributed by atoms with E-state index in [1.54, 1.807) is 0 Å². The maximum atomic E-state index is 6.00. The molecule has 0 aliphatic carbocycles. The third-order valence-electron chi connectivity index (χ3n) is 5.52. The largest absolute Gasteiger partial charge is 0.492 e. The van der Waals surface area contributed by atoms with Gasteiger partial charge in [0.15, 0.2) is 0 Å². The quantitative estimate of drug-likeness (QED) is 0.734. The van der Waals surface area contributed by atoms with Crippen LogP contribution in [-0.2, 0) is 11.3 Å². The molecular formula is C24H30N2O2. The molecule has 2 aliphatic rings. The molecule has 0 bridgehead atoms. The van der Waals surface area contributed by atoms with Gasteiger partial charge in [0.25, 0.3) is 0 Å². The fourth-order valence-electron chi connectivity index (χ4n) is 3.88. The molecular weight excluding hydrogens is 348 g/mol. The minimum Gasteiger partial charge on any atom is -0.492 e. The Labute approximate surface area is 168 Å². The lowest BCUT2D eigenvalue weighted by atomic mass is 9.99. The molecule has 2 aliphatic heterocycles. The van der Waals surface area contributed by atoms with Crippen molar-refractivity contribution < 1.29 is 9.47 Å². The second kappa shape index (κ2) is 9.87. The van der Waals surface area contributed by atoms with Crippen LogP contribution in [0.1, 0.15) is 17.5 Å². The van der Waals surface area contributed by atoms with Crippen molar-refractivity contribution in [3.8, 4) is 5.75 Å². The van der Waals surface area contributed by atoms with E-state index in [-0.39, 0.29) is 0 Å². The summed E-state index contributed by atoms with van der Waals surface area (Å²) >= 11 is 0. The number of hydrogen-bond acceptors (Lipinski definition) is 4. The smallest absolute Gasteiger partial charge is 0.119 e. The molecule has 2 aromatic rings. The molecule has 1 fully saturated rings. The number of ether oxygens (including phenoxy) is 2. The Morgan fingerprint density at radius 2 is 1.75 bits per heavy atom. The highest BCUT2D eigenvalue weighted by Gasteiger charge is 2.14. The molecule has 0 N–H and O–H groups in total. The van der Waals surface area contributed by atoms with Crippen LogP contribution in [0.2, 0.25) is 0 Å². The van der Waals surface area contributed by atoms with Crippen LogP contribution in [0.25, 0.3) is 5.57 Å². The first-order chi connectivity index (χ1) is 13.9. The monoisotopic (exact) mass is 378 g/mol. The Morgan fingerprint density at radius 1 is 0.893 bits per heavy atom. The van der Waals surface area contributed by atoms with Crippen molar-refractivity contribution in [2.24, 2.45) is 0 Å². The number of morpholine rings is 1. The lowest BCUT2D eigenvalue weighted by Crippen LogP contribution is -2.38. The molecule has 4 heteroatoms. The van der Waals surface area contributed by atoms with Crippen LogP contribution in [0.15, 0.2) is 60.7 Å². The first-order valence-corrected chi connectivity index (χ1v) is 10.4. The van der Waals surface area contributed by atoms with E-state index < -0.39 is 0 Å². The Morgan fingerprint density at radius 3 is 2.54 bits per heavy atom. The topological polar surface area (TPSA) is 24.9 Å². The molecule has 0 atom stereocenters. The van der Waals surface area contributed by atoms with Crippen molar-refractivity contribution in [2.75, 3.05) is 52.5 Å². The van der Waals surface area contributed by atoms with Crippen LogP contribution in [0, 0.1) is 0 Å². The third-order valence-corrected chi connectivity index (χ3v) is 5.52. The molecule has 4 nitrogen and oxygen atoms in total. The zero-order chi connectivity index (χ0) is 19.0. The second-order valence-corrected chi connectivity index (χ2v) is 7.53. The van der Waals surface area contributed by atoms with E-state index in [1.807, 2.05) is 0 Å². The maximum absolute atomic E-state index is 6.00. The summed E-state index contributed by atoms with van der Waals surface area (Å²) in [5.41, 5.74) is 4.15. The van der Waals surface area contributed by atoms with Gasteiger partial charge in [0.05, 0.1) is 13.2 Å². The molecule has 0 unspecified atom stereocenters. The second-order valence-electron chi connectivity index (χ2n) is 7.53. The third kappa shape index (κ3) is 5.44. The molecule has 0 amide bonds. The minimum absolute atomic E-state index is 0.732. The molecule has 0 spiro atoms. The summed E-state index contributed by atoms with van der Waals surface area (Å²) < 4.78 is 11.4. The maximum Gasteiger partial charge on any atom is 0.119 e. The van der Waals surface area contributed by atoms with Crippen molar-refractivity contribution in [2.45, 2.75) is 13.0 Å². The summed E-state index contributed by atoms with van der Waals surface area (Å²) in [6.45, 7) is 8.47. The number of benzene rings is 2. The Balaban J connectivity index is 1.26. The zero-order valence-corrected chi connectivity index (χ0v) is 16.6. The minimum atomic E-state index is 0.732. The lowest BCUT2D eigenvalue weighted by molar-refractivity contribution is 0.0322. The van der Waals surface area contributed by atoms with Gasteiger partial charge in [-0.25, -0.2) is 0 Å². The summed E-state index contributed by atoms with van der Waals surface area (Å²) in [4.78, 5) is 4.90. The first-order valence-electron chi connectivity index (χ1n) is 10.4. The summed E-state index contributed by atoms with van der Waals surface area (Å²) in [5, 5.41) is 0.